The van der Waals surface area contributed by atoms with Crippen molar-refractivity contribution >= 4 is 5.96 Å². The average molecular weight is 306 g/mol. The van der Waals surface area contributed by atoms with E-state index in [4.69, 9.17) is 4.42 Å². The number of alkyl halides is 3. The third-order valence-electron chi connectivity index (χ3n) is 2.88. The van der Waals surface area contributed by atoms with Gasteiger partial charge in [0.05, 0.1) is 12.2 Å². The number of aryl methyl sites for hydroxylation is 2. The van der Waals surface area contributed by atoms with E-state index < -0.39 is 12.6 Å². The molecule has 0 unspecified atom stereocenters. The summed E-state index contributed by atoms with van der Waals surface area (Å²) in [6.07, 6.45) is -4.31. The maximum Gasteiger partial charge on any atom is 0.389 e. The highest BCUT2D eigenvalue weighted by atomic mass is 19.4. The Bertz CT molecular complexity index is 449. The second-order valence-electron chi connectivity index (χ2n) is 4.67. The Labute approximate surface area is 122 Å². The number of hydrogen-bond acceptors (Lipinski definition) is 3. The van der Waals surface area contributed by atoms with Crippen LogP contribution in [-0.4, -0.2) is 30.7 Å². The zero-order valence-corrected chi connectivity index (χ0v) is 12.5. The third kappa shape index (κ3) is 7.01. The number of rotatable bonds is 6. The summed E-state index contributed by atoms with van der Waals surface area (Å²) in [4.78, 5) is 8.20. The van der Waals surface area contributed by atoms with Gasteiger partial charge < -0.3 is 15.1 Å². The van der Waals surface area contributed by atoms with Crippen LogP contribution in [0.1, 0.15) is 36.6 Å². The Morgan fingerprint density at radius 1 is 1.24 bits per heavy atom. The number of hydrogen-bond donors (Lipinski definition) is 2. The zero-order valence-electron chi connectivity index (χ0n) is 12.5. The fourth-order valence-corrected chi connectivity index (χ4v) is 1.65. The van der Waals surface area contributed by atoms with Crippen molar-refractivity contribution in [3.63, 3.8) is 0 Å². The minimum atomic E-state index is -4.08. The third-order valence-corrected chi connectivity index (χ3v) is 2.88. The van der Waals surface area contributed by atoms with Crippen LogP contribution in [0.5, 0.6) is 0 Å². The summed E-state index contributed by atoms with van der Waals surface area (Å²) in [5, 5.41) is 5.94. The molecule has 1 aromatic heterocycles. The molecule has 0 fully saturated rings. The molecule has 1 heterocycles. The summed E-state index contributed by atoms with van der Waals surface area (Å²) >= 11 is 0. The molecule has 0 amide bonds. The number of halogens is 3. The number of oxazole rings is 1. The van der Waals surface area contributed by atoms with Crippen LogP contribution in [0.2, 0.25) is 0 Å². The monoisotopic (exact) mass is 306 g/mol. The summed E-state index contributed by atoms with van der Waals surface area (Å²) in [5.74, 6) is 1.82. The minimum absolute atomic E-state index is 0.103. The summed E-state index contributed by atoms with van der Waals surface area (Å²) in [7, 11) is 1.59. The molecule has 0 aliphatic rings. The van der Waals surface area contributed by atoms with Crippen molar-refractivity contribution in [2.75, 3.05) is 13.6 Å². The van der Waals surface area contributed by atoms with Gasteiger partial charge in [0.1, 0.15) is 5.76 Å². The van der Waals surface area contributed by atoms with E-state index in [-0.39, 0.29) is 6.42 Å². The molecule has 0 bridgehead atoms. The number of aromatic nitrogens is 1. The minimum Gasteiger partial charge on any atom is -0.444 e. The standard InChI is InChI=1S/C13H21F3N4O/c1-9-10(2)21-11(20-9)8-19-12(17-3)18-7-5-4-6-13(14,15)16/h4-8H2,1-3H3,(H2,17,18,19). The first-order valence-electron chi connectivity index (χ1n) is 6.76. The highest BCUT2D eigenvalue weighted by molar-refractivity contribution is 5.79. The van der Waals surface area contributed by atoms with Crippen molar-refractivity contribution in [3.05, 3.63) is 17.3 Å². The molecular weight excluding hydrogens is 285 g/mol. The van der Waals surface area contributed by atoms with Gasteiger partial charge in [-0.1, -0.05) is 0 Å². The molecule has 8 heteroatoms. The highest BCUT2D eigenvalue weighted by Crippen LogP contribution is 2.21. The normalized spacial score (nSPS) is 12.6. The van der Waals surface area contributed by atoms with Crippen molar-refractivity contribution < 1.29 is 17.6 Å². The molecule has 1 aromatic rings. The second kappa shape index (κ2) is 7.90. The molecule has 0 saturated heterocycles. The Morgan fingerprint density at radius 2 is 1.95 bits per heavy atom. The van der Waals surface area contributed by atoms with Gasteiger partial charge in [-0.3, -0.25) is 4.99 Å². The van der Waals surface area contributed by atoms with Crippen LogP contribution in [0.25, 0.3) is 0 Å². The molecule has 5 nitrogen and oxygen atoms in total. The van der Waals surface area contributed by atoms with Crippen LogP contribution in [0.4, 0.5) is 13.2 Å². The van der Waals surface area contributed by atoms with E-state index in [1.807, 2.05) is 13.8 Å². The molecule has 0 aliphatic heterocycles. The average Bonchev–Trinajstić information content (AvgIpc) is 2.71. The summed E-state index contributed by atoms with van der Waals surface area (Å²) in [6.45, 7) is 4.49. The van der Waals surface area contributed by atoms with Gasteiger partial charge in [-0.25, -0.2) is 4.98 Å². The van der Waals surface area contributed by atoms with Crippen LogP contribution in [0.3, 0.4) is 0 Å². The van der Waals surface area contributed by atoms with Crippen LogP contribution in [-0.2, 0) is 6.54 Å². The lowest BCUT2D eigenvalue weighted by molar-refractivity contribution is -0.135. The van der Waals surface area contributed by atoms with Gasteiger partial charge in [-0.15, -0.1) is 0 Å². The Kier molecular flexibility index (Phi) is 6.51. The molecular formula is C13H21F3N4O. The first kappa shape index (κ1) is 17.3. The molecule has 120 valence electrons. The Hall–Kier alpha value is -1.73. The molecule has 0 aliphatic carbocycles. The van der Waals surface area contributed by atoms with Crippen LogP contribution in [0.15, 0.2) is 9.41 Å². The lowest BCUT2D eigenvalue weighted by Gasteiger charge is -2.11. The van der Waals surface area contributed by atoms with E-state index in [1.165, 1.54) is 0 Å². The molecule has 0 radical (unpaired) electrons. The van der Waals surface area contributed by atoms with E-state index in [9.17, 15) is 13.2 Å². The first-order chi connectivity index (χ1) is 9.81. The molecule has 0 aromatic carbocycles. The number of unbranched alkanes of at least 4 members (excludes halogenated alkanes) is 1. The van der Waals surface area contributed by atoms with Gasteiger partial charge in [0.25, 0.3) is 0 Å². The topological polar surface area (TPSA) is 62.5 Å². The lowest BCUT2D eigenvalue weighted by atomic mass is 10.2. The van der Waals surface area contributed by atoms with Crippen molar-refractivity contribution in [1.29, 1.82) is 0 Å². The summed E-state index contributed by atoms with van der Waals surface area (Å²) < 4.78 is 41.3. The van der Waals surface area contributed by atoms with Crippen molar-refractivity contribution in [2.45, 2.75) is 45.8 Å². The van der Waals surface area contributed by atoms with Gasteiger partial charge in [-0.05, 0) is 26.7 Å². The van der Waals surface area contributed by atoms with Crippen LogP contribution < -0.4 is 10.6 Å². The Balaban J connectivity index is 2.23. The molecule has 2 N–H and O–H groups in total. The Morgan fingerprint density at radius 3 is 2.48 bits per heavy atom. The van der Waals surface area contributed by atoms with Crippen LogP contribution >= 0.6 is 0 Å². The molecule has 1 rings (SSSR count). The number of aliphatic imine (C=N–C) groups is 1. The predicted octanol–water partition coefficient (Wildman–Crippen LogP) is 2.69. The fraction of sp³-hybridized carbons (Fsp3) is 0.692. The van der Waals surface area contributed by atoms with Crippen molar-refractivity contribution in [1.82, 2.24) is 15.6 Å². The molecule has 0 spiro atoms. The molecule has 21 heavy (non-hydrogen) atoms. The largest absolute Gasteiger partial charge is 0.444 e. The summed E-state index contributed by atoms with van der Waals surface area (Å²) in [6, 6.07) is 0. The predicted molar refractivity (Wildman–Crippen MR) is 74.1 cm³/mol. The van der Waals surface area contributed by atoms with Gasteiger partial charge in [0.15, 0.2) is 5.96 Å². The number of nitrogens with zero attached hydrogens (tertiary/aromatic N) is 2. The van der Waals surface area contributed by atoms with E-state index in [0.29, 0.717) is 31.4 Å². The number of nitrogens with one attached hydrogen (secondary N) is 2. The van der Waals surface area contributed by atoms with Crippen LogP contribution in [0, 0.1) is 13.8 Å². The van der Waals surface area contributed by atoms with E-state index >= 15 is 0 Å². The zero-order chi connectivity index (χ0) is 15.9. The van der Waals surface area contributed by atoms with Gasteiger partial charge in [0, 0.05) is 20.0 Å². The lowest BCUT2D eigenvalue weighted by Crippen LogP contribution is -2.37. The van der Waals surface area contributed by atoms with E-state index in [0.717, 1.165) is 11.5 Å². The maximum atomic E-state index is 12.0. The number of guanidine groups is 1. The first-order valence-corrected chi connectivity index (χ1v) is 6.76. The van der Waals surface area contributed by atoms with E-state index in [1.54, 1.807) is 7.05 Å². The van der Waals surface area contributed by atoms with E-state index in [2.05, 4.69) is 20.6 Å². The smallest absolute Gasteiger partial charge is 0.389 e. The SMILES string of the molecule is CN=C(NCCCCC(F)(F)F)NCc1nc(C)c(C)o1. The maximum absolute atomic E-state index is 12.0. The van der Waals surface area contributed by atoms with Gasteiger partial charge >= 0.3 is 6.18 Å². The molecule has 0 atom stereocenters. The summed E-state index contributed by atoms with van der Waals surface area (Å²) in [5.41, 5.74) is 0.835. The fourth-order valence-electron chi connectivity index (χ4n) is 1.65. The quantitative estimate of drug-likeness (QED) is 0.482. The molecule has 0 saturated carbocycles. The highest BCUT2D eigenvalue weighted by Gasteiger charge is 2.25. The van der Waals surface area contributed by atoms with Gasteiger partial charge in [0.2, 0.25) is 5.89 Å². The van der Waals surface area contributed by atoms with Crippen molar-refractivity contribution in [2.24, 2.45) is 4.99 Å². The second-order valence-corrected chi connectivity index (χ2v) is 4.67. The van der Waals surface area contributed by atoms with Crippen molar-refractivity contribution in [3.8, 4) is 0 Å². The van der Waals surface area contributed by atoms with Gasteiger partial charge in [-0.2, -0.15) is 13.2 Å².